The molecule has 3 rings (SSSR count). The van der Waals surface area contributed by atoms with E-state index in [1.54, 1.807) is 25.8 Å². The smallest absolute Gasteiger partial charge is 0.485 e. The quantitative estimate of drug-likeness (QED) is 0.774. The summed E-state index contributed by atoms with van der Waals surface area (Å²) in [5, 5.41) is 10.8. The standard InChI is InChI=1S/C17H21F3N2O5S/c1-16(2)15(24)14(22-7-6-21(3)9-13(22)23)11-8-10(4-5-12(11)27-16)28(25,26)17(18,19)20/h4-5,8,14-15,24H,6-7,9H2,1-3H3/t14-,15+/m1/s1. The topological polar surface area (TPSA) is 87.2 Å². The SMILES string of the molecule is CN1CCN([C@@H]2c3cc(S(=O)(=O)C(F)(F)F)ccc3OC(C)(C)[C@H]2O)C(=O)C1. The first kappa shape index (κ1) is 20.9. The van der Waals surface area contributed by atoms with Crippen LogP contribution in [0.15, 0.2) is 23.1 Å². The lowest BCUT2D eigenvalue weighted by Gasteiger charge is -2.48. The Morgan fingerprint density at radius 1 is 1.25 bits per heavy atom. The number of amides is 1. The second-order valence-corrected chi connectivity index (χ2v) is 9.51. The summed E-state index contributed by atoms with van der Waals surface area (Å²) in [6, 6.07) is 1.77. The average molecular weight is 422 g/mol. The van der Waals surface area contributed by atoms with Crippen molar-refractivity contribution in [2.45, 2.75) is 42.0 Å². The van der Waals surface area contributed by atoms with E-state index in [1.807, 2.05) is 0 Å². The molecule has 2 aliphatic heterocycles. The fourth-order valence-corrected chi connectivity index (χ4v) is 4.28. The molecular weight excluding hydrogens is 401 g/mol. The number of benzene rings is 1. The number of alkyl halides is 3. The summed E-state index contributed by atoms with van der Waals surface area (Å²) in [5.74, 6) is -0.182. The number of likely N-dealkylation sites (N-methyl/N-ethyl adjacent to an activating group) is 1. The molecule has 1 aromatic rings. The minimum Gasteiger partial charge on any atom is -0.485 e. The molecule has 1 saturated heterocycles. The van der Waals surface area contributed by atoms with Crippen LogP contribution >= 0.6 is 0 Å². The summed E-state index contributed by atoms with van der Waals surface area (Å²) in [7, 11) is -3.83. The minimum atomic E-state index is -5.58. The summed E-state index contributed by atoms with van der Waals surface area (Å²) in [5.41, 5.74) is -6.56. The average Bonchev–Trinajstić information content (AvgIpc) is 2.55. The van der Waals surface area contributed by atoms with E-state index in [-0.39, 0.29) is 30.3 Å². The molecule has 11 heteroatoms. The molecule has 1 aromatic carbocycles. The monoisotopic (exact) mass is 422 g/mol. The third-order valence-corrected chi connectivity index (χ3v) is 6.57. The number of nitrogens with zero attached hydrogens (tertiary/aromatic N) is 2. The van der Waals surface area contributed by atoms with Gasteiger partial charge < -0.3 is 14.7 Å². The number of piperazine rings is 1. The van der Waals surface area contributed by atoms with E-state index in [0.29, 0.717) is 6.54 Å². The number of sulfone groups is 1. The number of aliphatic hydroxyl groups is 1. The summed E-state index contributed by atoms with van der Waals surface area (Å²) in [6.45, 7) is 4.01. The maximum atomic E-state index is 13.0. The van der Waals surface area contributed by atoms with Crippen LogP contribution in [0, 0.1) is 0 Å². The molecule has 0 saturated carbocycles. The van der Waals surface area contributed by atoms with Crippen LogP contribution in [0.5, 0.6) is 5.75 Å². The molecule has 1 amide bonds. The highest BCUT2D eigenvalue weighted by molar-refractivity contribution is 7.92. The van der Waals surface area contributed by atoms with Gasteiger partial charge in [0, 0.05) is 18.7 Å². The molecule has 2 heterocycles. The van der Waals surface area contributed by atoms with Crippen molar-refractivity contribution in [2.24, 2.45) is 0 Å². The number of carbonyl (C=O) groups is 1. The predicted octanol–water partition coefficient (Wildman–Crippen LogP) is 1.33. The van der Waals surface area contributed by atoms with E-state index < -0.39 is 38.0 Å². The van der Waals surface area contributed by atoms with Gasteiger partial charge in [-0.1, -0.05) is 0 Å². The van der Waals surface area contributed by atoms with Crippen molar-refractivity contribution in [3.8, 4) is 5.75 Å². The Kier molecular flexibility index (Phi) is 4.92. The highest BCUT2D eigenvalue weighted by Crippen LogP contribution is 2.45. The van der Waals surface area contributed by atoms with Gasteiger partial charge in [-0.05, 0) is 39.1 Å². The van der Waals surface area contributed by atoms with Crippen molar-refractivity contribution < 1.29 is 36.2 Å². The zero-order valence-corrected chi connectivity index (χ0v) is 16.3. The molecule has 0 spiro atoms. The Bertz CT molecular complexity index is 901. The van der Waals surface area contributed by atoms with Gasteiger partial charge >= 0.3 is 5.51 Å². The molecular formula is C17H21F3N2O5S. The third kappa shape index (κ3) is 3.35. The lowest BCUT2D eigenvalue weighted by molar-refractivity contribution is -0.149. The summed E-state index contributed by atoms with van der Waals surface area (Å²) >= 11 is 0. The number of hydrogen-bond acceptors (Lipinski definition) is 6. The number of carbonyl (C=O) groups excluding carboxylic acids is 1. The zero-order chi connectivity index (χ0) is 21.1. The van der Waals surface area contributed by atoms with E-state index in [2.05, 4.69) is 0 Å². The molecule has 0 bridgehead atoms. The van der Waals surface area contributed by atoms with Crippen molar-refractivity contribution in [1.29, 1.82) is 0 Å². The lowest BCUT2D eigenvalue weighted by Crippen LogP contribution is -2.58. The Balaban J connectivity index is 2.14. The molecule has 0 aliphatic carbocycles. The highest BCUT2D eigenvalue weighted by Gasteiger charge is 2.50. The highest BCUT2D eigenvalue weighted by atomic mass is 32.2. The number of hydrogen-bond donors (Lipinski definition) is 1. The molecule has 156 valence electrons. The van der Waals surface area contributed by atoms with Gasteiger partial charge in [0.2, 0.25) is 5.91 Å². The molecule has 1 N–H and O–H groups in total. The van der Waals surface area contributed by atoms with Crippen LogP contribution in [0.4, 0.5) is 13.2 Å². The number of halogens is 3. The maximum absolute atomic E-state index is 13.0. The normalized spacial score (nSPS) is 26.0. The Labute approximate surface area is 160 Å². The fourth-order valence-electron chi connectivity index (χ4n) is 3.48. The van der Waals surface area contributed by atoms with Crippen LogP contribution in [0.25, 0.3) is 0 Å². The Hall–Kier alpha value is -1.85. The Morgan fingerprint density at radius 3 is 2.46 bits per heavy atom. The second kappa shape index (κ2) is 6.60. The van der Waals surface area contributed by atoms with Crippen LogP contribution in [0.3, 0.4) is 0 Å². The minimum absolute atomic E-state index is 0.0371. The number of rotatable bonds is 2. The van der Waals surface area contributed by atoms with Crippen LogP contribution in [0.2, 0.25) is 0 Å². The molecule has 0 unspecified atom stereocenters. The van der Waals surface area contributed by atoms with Gasteiger partial charge in [0.05, 0.1) is 17.5 Å². The number of aliphatic hydroxyl groups excluding tert-OH is 1. The van der Waals surface area contributed by atoms with Gasteiger partial charge in [0.1, 0.15) is 17.5 Å². The molecule has 0 aromatic heterocycles. The van der Waals surface area contributed by atoms with Crippen molar-refractivity contribution in [3.05, 3.63) is 23.8 Å². The van der Waals surface area contributed by atoms with E-state index >= 15 is 0 Å². The van der Waals surface area contributed by atoms with Crippen LogP contribution < -0.4 is 4.74 Å². The van der Waals surface area contributed by atoms with Gasteiger partial charge in [0.25, 0.3) is 9.84 Å². The van der Waals surface area contributed by atoms with Crippen LogP contribution in [-0.2, 0) is 14.6 Å². The second-order valence-electron chi connectivity index (χ2n) is 7.57. The number of fused-ring (bicyclic) bond motifs is 1. The van der Waals surface area contributed by atoms with Crippen LogP contribution in [-0.4, -0.2) is 73.1 Å². The molecule has 2 aliphatic rings. The van der Waals surface area contributed by atoms with Crippen molar-refractivity contribution in [2.75, 3.05) is 26.7 Å². The van der Waals surface area contributed by atoms with Crippen molar-refractivity contribution in [1.82, 2.24) is 9.80 Å². The first-order chi connectivity index (χ1) is 12.8. The van der Waals surface area contributed by atoms with Crippen molar-refractivity contribution >= 4 is 15.7 Å². The molecule has 0 radical (unpaired) electrons. The molecule has 28 heavy (non-hydrogen) atoms. The van der Waals surface area contributed by atoms with E-state index in [9.17, 15) is 31.5 Å². The van der Waals surface area contributed by atoms with Crippen molar-refractivity contribution in [3.63, 3.8) is 0 Å². The van der Waals surface area contributed by atoms with Gasteiger partial charge in [-0.2, -0.15) is 13.2 Å². The van der Waals surface area contributed by atoms with Gasteiger partial charge in [-0.3, -0.25) is 9.69 Å². The molecule has 7 nitrogen and oxygen atoms in total. The summed E-state index contributed by atoms with van der Waals surface area (Å²) in [4.78, 5) is 14.7. The van der Waals surface area contributed by atoms with E-state index in [1.165, 1.54) is 4.90 Å². The lowest BCUT2D eigenvalue weighted by atomic mass is 9.85. The predicted molar refractivity (Wildman–Crippen MR) is 92.3 cm³/mol. The largest absolute Gasteiger partial charge is 0.501 e. The zero-order valence-electron chi connectivity index (χ0n) is 15.5. The Morgan fingerprint density at radius 2 is 1.89 bits per heavy atom. The molecule has 2 atom stereocenters. The summed E-state index contributed by atoms with van der Waals surface area (Å²) in [6.07, 6.45) is -1.27. The third-order valence-electron chi connectivity index (χ3n) is 5.08. The first-order valence-corrected chi connectivity index (χ1v) is 10.0. The number of ether oxygens (including phenoxy) is 1. The first-order valence-electron chi connectivity index (χ1n) is 8.56. The van der Waals surface area contributed by atoms with Crippen LogP contribution in [0.1, 0.15) is 25.5 Å². The van der Waals surface area contributed by atoms with Gasteiger partial charge in [0.15, 0.2) is 0 Å². The van der Waals surface area contributed by atoms with E-state index in [0.717, 1.165) is 18.2 Å². The molecule has 1 fully saturated rings. The van der Waals surface area contributed by atoms with Gasteiger partial charge in [-0.25, -0.2) is 8.42 Å². The van der Waals surface area contributed by atoms with E-state index in [4.69, 9.17) is 4.74 Å². The maximum Gasteiger partial charge on any atom is 0.501 e. The summed E-state index contributed by atoms with van der Waals surface area (Å²) < 4.78 is 68.2. The fraction of sp³-hybridized carbons (Fsp3) is 0.588. The van der Waals surface area contributed by atoms with Gasteiger partial charge in [-0.15, -0.1) is 0 Å².